The molecule has 0 spiro atoms. The molecule has 0 bridgehead atoms. The Hall–Kier alpha value is -1.92. The Balaban J connectivity index is 1.96. The van der Waals surface area contributed by atoms with Crippen LogP contribution in [0.5, 0.6) is 0 Å². The van der Waals surface area contributed by atoms with E-state index in [-0.39, 0.29) is 12.4 Å². The molecule has 0 unspecified atom stereocenters. The maximum atomic E-state index is 11.9. The Labute approximate surface area is 133 Å². The number of hydrogen-bond donors (Lipinski definition) is 0. The molecule has 5 nitrogen and oxygen atoms in total. The normalized spacial score (nSPS) is 11.2. The summed E-state index contributed by atoms with van der Waals surface area (Å²) in [5.74, 6) is -0.542. The van der Waals surface area contributed by atoms with Gasteiger partial charge < -0.3 is 4.74 Å². The third-order valence-electron chi connectivity index (χ3n) is 2.78. The van der Waals surface area contributed by atoms with Gasteiger partial charge in [0.15, 0.2) is 9.84 Å². The predicted molar refractivity (Wildman–Crippen MR) is 83.4 cm³/mol. The molecule has 7 heteroatoms. The zero-order valence-electron chi connectivity index (χ0n) is 11.8. The highest BCUT2D eigenvalue weighted by molar-refractivity contribution is 7.89. The molecule has 1 heterocycles. The van der Waals surface area contributed by atoms with Gasteiger partial charge in [-0.1, -0.05) is 29.8 Å². The lowest BCUT2D eigenvalue weighted by Crippen LogP contribution is -2.06. The summed E-state index contributed by atoms with van der Waals surface area (Å²) in [6, 6.07) is 9.62. The van der Waals surface area contributed by atoms with Crippen molar-refractivity contribution in [2.24, 2.45) is 0 Å². The minimum absolute atomic E-state index is 0.0568. The van der Waals surface area contributed by atoms with Gasteiger partial charge in [0.1, 0.15) is 11.8 Å². The van der Waals surface area contributed by atoms with Crippen LogP contribution in [-0.2, 0) is 26.9 Å². The van der Waals surface area contributed by atoms with Crippen LogP contribution in [0.1, 0.15) is 21.5 Å². The lowest BCUT2D eigenvalue weighted by Gasteiger charge is -2.06. The third kappa shape index (κ3) is 5.13. The molecule has 1 aromatic carbocycles. The molecule has 116 valence electrons. The average Bonchev–Trinajstić information content (AvgIpc) is 2.45. The predicted octanol–water partition coefficient (Wildman–Crippen LogP) is 2.64. The van der Waals surface area contributed by atoms with Gasteiger partial charge in [-0.15, -0.1) is 0 Å². The van der Waals surface area contributed by atoms with Gasteiger partial charge in [0.05, 0.1) is 11.3 Å². The highest BCUT2D eigenvalue weighted by Gasteiger charge is 2.09. The van der Waals surface area contributed by atoms with Gasteiger partial charge >= 0.3 is 5.97 Å². The Morgan fingerprint density at radius 2 is 1.77 bits per heavy atom. The van der Waals surface area contributed by atoms with E-state index >= 15 is 0 Å². The van der Waals surface area contributed by atoms with Crippen LogP contribution < -0.4 is 0 Å². The number of aromatic nitrogens is 1. The number of pyridine rings is 1. The van der Waals surface area contributed by atoms with Crippen LogP contribution in [-0.4, -0.2) is 25.6 Å². The zero-order valence-corrected chi connectivity index (χ0v) is 13.4. The number of benzene rings is 1. The Morgan fingerprint density at radius 1 is 1.14 bits per heavy atom. The van der Waals surface area contributed by atoms with E-state index in [0.29, 0.717) is 16.3 Å². The maximum Gasteiger partial charge on any atom is 0.338 e. The second kappa shape index (κ2) is 6.89. The van der Waals surface area contributed by atoms with Crippen LogP contribution in [0, 0.1) is 0 Å². The van der Waals surface area contributed by atoms with E-state index in [9.17, 15) is 13.2 Å². The van der Waals surface area contributed by atoms with Crippen molar-refractivity contribution in [1.82, 2.24) is 4.98 Å². The monoisotopic (exact) mass is 339 g/mol. The van der Waals surface area contributed by atoms with E-state index in [0.717, 1.165) is 11.8 Å². The third-order valence-corrected chi connectivity index (χ3v) is 3.86. The number of ether oxygens (including phenoxy) is 1. The molecule has 1 aromatic heterocycles. The molecule has 0 aliphatic carbocycles. The summed E-state index contributed by atoms with van der Waals surface area (Å²) in [5, 5.41) is 0.372. The van der Waals surface area contributed by atoms with Gasteiger partial charge in [-0.05, 0) is 23.8 Å². The Morgan fingerprint density at radius 3 is 2.32 bits per heavy atom. The number of rotatable bonds is 5. The first-order valence-electron chi connectivity index (χ1n) is 6.38. The molecule has 0 amide bonds. The van der Waals surface area contributed by atoms with Crippen molar-refractivity contribution in [1.29, 1.82) is 0 Å². The Kier molecular flexibility index (Phi) is 5.15. The van der Waals surface area contributed by atoms with Crippen molar-refractivity contribution < 1.29 is 17.9 Å². The van der Waals surface area contributed by atoms with Crippen molar-refractivity contribution in [2.75, 3.05) is 6.26 Å². The van der Waals surface area contributed by atoms with Crippen LogP contribution in [0.15, 0.2) is 42.6 Å². The fourth-order valence-corrected chi connectivity index (χ4v) is 2.67. The SMILES string of the molecule is CS(=O)(=O)Cc1ccc(C(=O)OCc2ccc(Cl)nc2)cc1. The van der Waals surface area contributed by atoms with Gasteiger partial charge in [-0.3, -0.25) is 0 Å². The van der Waals surface area contributed by atoms with Gasteiger partial charge in [0, 0.05) is 18.0 Å². The van der Waals surface area contributed by atoms with Crippen molar-refractivity contribution in [2.45, 2.75) is 12.4 Å². The molecule has 2 rings (SSSR count). The van der Waals surface area contributed by atoms with Gasteiger partial charge in [0.2, 0.25) is 0 Å². The fraction of sp³-hybridized carbons (Fsp3) is 0.200. The molecule has 22 heavy (non-hydrogen) atoms. The standard InChI is InChI=1S/C15H14ClNO4S/c1-22(19,20)10-11-2-5-13(6-3-11)15(18)21-9-12-4-7-14(16)17-8-12/h2-8H,9-10H2,1H3. The number of hydrogen-bond acceptors (Lipinski definition) is 5. The first kappa shape index (κ1) is 16.5. The number of sulfone groups is 1. The van der Waals surface area contributed by atoms with E-state index < -0.39 is 15.8 Å². The summed E-state index contributed by atoms with van der Waals surface area (Å²) in [5.41, 5.74) is 1.71. The van der Waals surface area contributed by atoms with E-state index in [1.807, 2.05) is 0 Å². The van der Waals surface area contributed by atoms with Crippen LogP contribution in [0.4, 0.5) is 0 Å². The first-order chi connectivity index (χ1) is 10.3. The molecular weight excluding hydrogens is 326 g/mol. The largest absolute Gasteiger partial charge is 0.457 e. The van der Waals surface area contributed by atoms with E-state index in [4.69, 9.17) is 16.3 Å². The molecule has 0 radical (unpaired) electrons. The second-order valence-electron chi connectivity index (χ2n) is 4.83. The molecule has 0 N–H and O–H groups in total. The van der Waals surface area contributed by atoms with Crippen LogP contribution in [0.3, 0.4) is 0 Å². The fourth-order valence-electron chi connectivity index (χ4n) is 1.76. The number of carbonyl (C=O) groups excluding carboxylic acids is 1. The van der Waals surface area contributed by atoms with E-state index in [1.54, 1.807) is 36.4 Å². The van der Waals surface area contributed by atoms with E-state index in [1.165, 1.54) is 6.20 Å². The van der Waals surface area contributed by atoms with Crippen LogP contribution in [0.25, 0.3) is 0 Å². The molecular formula is C15H14ClNO4S. The summed E-state index contributed by atoms with van der Waals surface area (Å²) in [6.45, 7) is 0.0914. The Bertz CT molecular complexity index is 755. The number of nitrogens with zero attached hydrogens (tertiary/aromatic N) is 1. The van der Waals surface area contributed by atoms with Crippen LogP contribution >= 0.6 is 11.6 Å². The minimum atomic E-state index is -3.09. The summed E-state index contributed by atoms with van der Waals surface area (Å²) in [6.07, 6.45) is 2.69. The average molecular weight is 340 g/mol. The first-order valence-corrected chi connectivity index (χ1v) is 8.81. The van der Waals surface area contributed by atoms with Crippen molar-refractivity contribution in [3.8, 4) is 0 Å². The highest BCUT2D eigenvalue weighted by Crippen LogP contribution is 2.11. The molecule has 0 aliphatic heterocycles. The summed E-state index contributed by atoms with van der Waals surface area (Å²) in [7, 11) is -3.09. The van der Waals surface area contributed by atoms with Gasteiger partial charge in [-0.2, -0.15) is 0 Å². The summed E-state index contributed by atoms with van der Waals surface area (Å²) in [4.78, 5) is 15.8. The van der Waals surface area contributed by atoms with Gasteiger partial charge in [-0.25, -0.2) is 18.2 Å². The lowest BCUT2D eigenvalue weighted by molar-refractivity contribution is 0.0472. The molecule has 0 saturated heterocycles. The number of halogens is 1. The van der Waals surface area contributed by atoms with Crippen molar-refractivity contribution >= 4 is 27.4 Å². The quantitative estimate of drug-likeness (QED) is 0.618. The van der Waals surface area contributed by atoms with E-state index in [2.05, 4.69) is 4.98 Å². The number of carbonyl (C=O) groups is 1. The van der Waals surface area contributed by atoms with Gasteiger partial charge in [0.25, 0.3) is 0 Å². The molecule has 0 atom stereocenters. The lowest BCUT2D eigenvalue weighted by atomic mass is 10.1. The minimum Gasteiger partial charge on any atom is -0.457 e. The number of esters is 1. The maximum absolute atomic E-state index is 11.9. The zero-order chi connectivity index (χ0) is 16.2. The van der Waals surface area contributed by atoms with Crippen molar-refractivity contribution in [3.63, 3.8) is 0 Å². The highest BCUT2D eigenvalue weighted by atomic mass is 35.5. The topological polar surface area (TPSA) is 73.3 Å². The molecule has 0 aliphatic rings. The molecule has 0 saturated carbocycles. The molecule has 2 aromatic rings. The van der Waals surface area contributed by atoms with Crippen molar-refractivity contribution in [3.05, 3.63) is 64.4 Å². The summed E-state index contributed by atoms with van der Waals surface area (Å²) >= 11 is 5.67. The van der Waals surface area contributed by atoms with Crippen LogP contribution in [0.2, 0.25) is 5.15 Å². The second-order valence-corrected chi connectivity index (χ2v) is 7.36. The molecule has 0 fully saturated rings. The smallest absolute Gasteiger partial charge is 0.338 e. The summed E-state index contributed by atoms with van der Waals surface area (Å²) < 4.78 is 27.5.